The van der Waals surface area contributed by atoms with Gasteiger partial charge in [0.1, 0.15) is 0 Å². The topological polar surface area (TPSA) is 49.4 Å². The van der Waals surface area contributed by atoms with Gasteiger partial charge >= 0.3 is 0 Å². The molecule has 1 spiro atoms. The zero-order chi connectivity index (χ0) is 14.2. The summed E-state index contributed by atoms with van der Waals surface area (Å²) in [5, 5.41) is 3.40. The van der Waals surface area contributed by atoms with Crippen LogP contribution in [-0.4, -0.2) is 36.3 Å². The highest BCUT2D eigenvalue weighted by molar-refractivity contribution is 6.06. The molecule has 1 aliphatic carbocycles. The fourth-order valence-electron chi connectivity index (χ4n) is 4.27. The summed E-state index contributed by atoms with van der Waals surface area (Å²) >= 11 is 0. The number of likely N-dealkylation sites (tertiary alicyclic amines) is 1. The third-order valence-electron chi connectivity index (χ3n) is 5.53. The molecule has 4 heteroatoms. The standard InChI is InChI=1S/C16H26N2O2/c1-15(6-5-9-17-11-15)12-18-13(19)10-16(14(18)20)7-3-2-4-8-16/h17H,2-12H2,1H3. The van der Waals surface area contributed by atoms with Crippen molar-refractivity contribution in [2.75, 3.05) is 19.6 Å². The number of piperidine rings is 1. The highest BCUT2D eigenvalue weighted by Gasteiger charge is 2.52. The normalized spacial score (nSPS) is 34.0. The van der Waals surface area contributed by atoms with Gasteiger partial charge < -0.3 is 5.32 Å². The first-order valence-electron chi connectivity index (χ1n) is 8.10. The van der Waals surface area contributed by atoms with Gasteiger partial charge in [0.2, 0.25) is 11.8 Å². The molecule has 3 fully saturated rings. The van der Waals surface area contributed by atoms with E-state index < -0.39 is 0 Å². The van der Waals surface area contributed by atoms with E-state index in [-0.39, 0.29) is 22.6 Å². The lowest BCUT2D eigenvalue weighted by atomic mass is 9.73. The van der Waals surface area contributed by atoms with E-state index in [0.717, 1.165) is 51.6 Å². The monoisotopic (exact) mass is 278 g/mol. The minimum Gasteiger partial charge on any atom is -0.316 e. The molecule has 4 nitrogen and oxygen atoms in total. The molecule has 2 heterocycles. The van der Waals surface area contributed by atoms with Crippen LogP contribution >= 0.6 is 0 Å². The van der Waals surface area contributed by atoms with E-state index in [1.165, 1.54) is 6.42 Å². The molecular formula is C16H26N2O2. The first-order chi connectivity index (χ1) is 9.55. The molecule has 1 saturated carbocycles. The number of amides is 2. The lowest BCUT2D eigenvalue weighted by molar-refractivity contribution is -0.144. The SMILES string of the molecule is CC1(CN2C(=O)CC3(CCCCC3)C2=O)CCCNC1. The molecule has 3 aliphatic rings. The molecule has 1 atom stereocenters. The Hall–Kier alpha value is -0.900. The third kappa shape index (κ3) is 2.39. The number of rotatable bonds is 2. The molecule has 2 aliphatic heterocycles. The summed E-state index contributed by atoms with van der Waals surface area (Å²) in [4.78, 5) is 26.7. The van der Waals surface area contributed by atoms with Gasteiger partial charge in [0.25, 0.3) is 0 Å². The zero-order valence-electron chi connectivity index (χ0n) is 12.5. The summed E-state index contributed by atoms with van der Waals surface area (Å²) in [5.41, 5.74) is -0.266. The fourth-order valence-corrected chi connectivity index (χ4v) is 4.27. The number of nitrogens with zero attached hydrogens (tertiary/aromatic N) is 1. The van der Waals surface area contributed by atoms with Gasteiger partial charge in [-0.25, -0.2) is 0 Å². The quantitative estimate of drug-likeness (QED) is 0.787. The molecule has 2 saturated heterocycles. The molecule has 112 valence electrons. The van der Waals surface area contributed by atoms with E-state index in [1.807, 2.05) is 0 Å². The number of carbonyl (C=O) groups excluding carboxylic acids is 2. The maximum atomic E-state index is 12.8. The van der Waals surface area contributed by atoms with Crippen LogP contribution in [0.2, 0.25) is 0 Å². The predicted molar refractivity (Wildman–Crippen MR) is 77.1 cm³/mol. The van der Waals surface area contributed by atoms with Gasteiger partial charge in [-0.1, -0.05) is 26.2 Å². The Balaban J connectivity index is 1.73. The smallest absolute Gasteiger partial charge is 0.235 e. The summed E-state index contributed by atoms with van der Waals surface area (Å²) in [7, 11) is 0. The summed E-state index contributed by atoms with van der Waals surface area (Å²) in [5.74, 6) is 0.206. The Morgan fingerprint density at radius 3 is 2.50 bits per heavy atom. The van der Waals surface area contributed by atoms with E-state index >= 15 is 0 Å². The van der Waals surface area contributed by atoms with Gasteiger partial charge in [0.15, 0.2) is 0 Å². The van der Waals surface area contributed by atoms with Crippen LogP contribution < -0.4 is 5.32 Å². The second-order valence-electron chi connectivity index (χ2n) is 7.39. The van der Waals surface area contributed by atoms with E-state index in [0.29, 0.717) is 13.0 Å². The van der Waals surface area contributed by atoms with Crippen molar-refractivity contribution >= 4 is 11.8 Å². The molecule has 0 bridgehead atoms. The zero-order valence-corrected chi connectivity index (χ0v) is 12.5. The van der Waals surface area contributed by atoms with E-state index in [2.05, 4.69) is 12.2 Å². The Bertz CT molecular complexity index is 407. The Morgan fingerprint density at radius 2 is 1.85 bits per heavy atom. The third-order valence-corrected chi connectivity index (χ3v) is 5.53. The first-order valence-corrected chi connectivity index (χ1v) is 8.10. The molecule has 3 rings (SSSR count). The van der Waals surface area contributed by atoms with Crippen molar-refractivity contribution in [2.45, 2.75) is 58.3 Å². The number of nitrogens with one attached hydrogen (secondary N) is 1. The summed E-state index contributed by atoms with van der Waals surface area (Å²) in [6, 6.07) is 0. The second-order valence-corrected chi connectivity index (χ2v) is 7.39. The lowest BCUT2D eigenvalue weighted by Gasteiger charge is -2.37. The van der Waals surface area contributed by atoms with Crippen LogP contribution in [-0.2, 0) is 9.59 Å². The average molecular weight is 278 g/mol. The van der Waals surface area contributed by atoms with Crippen molar-refractivity contribution < 1.29 is 9.59 Å². The largest absolute Gasteiger partial charge is 0.316 e. The second kappa shape index (κ2) is 5.14. The number of carbonyl (C=O) groups is 2. The van der Waals surface area contributed by atoms with E-state index in [4.69, 9.17) is 0 Å². The first kappa shape index (κ1) is 14.1. The van der Waals surface area contributed by atoms with Gasteiger partial charge in [-0.3, -0.25) is 14.5 Å². The maximum Gasteiger partial charge on any atom is 0.235 e. The van der Waals surface area contributed by atoms with Crippen LogP contribution in [0, 0.1) is 10.8 Å². The van der Waals surface area contributed by atoms with Crippen molar-refractivity contribution in [3.8, 4) is 0 Å². The molecule has 0 aromatic carbocycles. The number of hydrogen-bond donors (Lipinski definition) is 1. The molecular weight excluding hydrogens is 252 g/mol. The fraction of sp³-hybridized carbons (Fsp3) is 0.875. The van der Waals surface area contributed by atoms with E-state index in [1.54, 1.807) is 4.90 Å². The van der Waals surface area contributed by atoms with Crippen LogP contribution in [0.1, 0.15) is 58.3 Å². The maximum absolute atomic E-state index is 12.8. The molecule has 1 N–H and O–H groups in total. The predicted octanol–water partition coefficient (Wildman–Crippen LogP) is 2.09. The Kier molecular flexibility index (Phi) is 3.61. The average Bonchev–Trinajstić information content (AvgIpc) is 2.65. The number of imide groups is 1. The van der Waals surface area contributed by atoms with Crippen molar-refractivity contribution in [1.82, 2.24) is 10.2 Å². The lowest BCUT2D eigenvalue weighted by Crippen LogP contribution is -2.48. The number of hydrogen-bond acceptors (Lipinski definition) is 3. The van der Waals surface area contributed by atoms with Crippen LogP contribution in [0.5, 0.6) is 0 Å². The highest BCUT2D eigenvalue weighted by atomic mass is 16.2. The molecule has 0 aromatic heterocycles. The van der Waals surface area contributed by atoms with Gasteiger partial charge in [0, 0.05) is 19.5 Å². The van der Waals surface area contributed by atoms with Crippen LogP contribution in [0.3, 0.4) is 0 Å². The van der Waals surface area contributed by atoms with E-state index in [9.17, 15) is 9.59 Å². The molecule has 2 amide bonds. The van der Waals surface area contributed by atoms with Gasteiger partial charge in [0.05, 0.1) is 5.41 Å². The van der Waals surface area contributed by atoms with Gasteiger partial charge in [-0.05, 0) is 37.6 Å². The summed E-state index contributed by atoms with van der Waals surface area (Å²) in [6.07, 6.45) is 7.96. The van der Waals surface area contributed by atoms with Crippen molar-refractivity contribution in [3.63, 3.8) is 0 Å². The molecule has 0 radical (unpaired) electrons. The minimum absolute atomic E-state index is 0.0593. The highest BCUT2D eigenvalue weighted by Crippen LogP contribution is 2.46. The molecule has 20 heavy (non-hydrogen) atoms. The van der Waals surface area contributed by atoms with Gasteiger partial charge in [-0.15, -0.1) is 0 Å². The Morgan fingerprint density at radius 1 is 1.10 bits per heavy atom. The van der Waals surface area contributed by atoms with Crippen LogP contribution in [0.4, 0.5) is 0 Å². The summed E-state index contributed by atoms with van der Waals surface area (Å²) < 4.78 is 0. The van der Waals surface area contributed by atoms with Crippen molar-refractivity contribution in [3.05, 3.63) is 0 Å². The molecule has 1 unspecified atom stereocenters. The van der Waals surface area contributed by atoms with Gasteiger partial charge in [-0.2, -0.15) is 0 Å². The van der Waals surface area contributed by atoms with Crippen LogP contribution in [0.15, 0.2) is 0 Å². The van der Waals surface area contributed by atoms with Crippen LogP contribution in [0.25, 0.3) is 0 Å². The molecule has 0 aromatic rings. The minimum atomic E-state index is -0.326. The van der Waals surface area contributed by atoms with Crippen molar-refractivity contribution in [1.29, 1.82) is 0 Å². The Labute approximate surface area is 121 Å². The summed E-state index contributed by atoms with van der Waals surface area (Å²) in [6.45, 7) is 4.78. The van der Waals surface area contributed by atoms with Crippen molar-refractivity contribution in [2.24, 2.45) is 10.8 Å².